The van der Waals surface area contributed by atoms with E-state index in [1.807, 2.05) is 35.5 Å². The summed E-state index contributed by atoms with van der Waals surface area (Å²) in [5.41, 5.74) is 4.10. The third-order valence-corrected chi connectivity index (χ3v) is 1.62. The predicted octanol–water partition coefficient (Wildman–Crippen LogP) is -0.135. The van der Waals surface area contributed by atoms with Crippen molar-refractivity contribution in [1.29, 1.82) is 0 Å². The van der Waals surface area contributed by atoms with E-state index in [9.17, 15) is 0 Å². The van der Waals surface area contributed by atoms with Crippen LogP contribution in [0.25, 0.3) is 0 Å². The monoisotopic (exact) mass is 150 g/mol. The van der Waals surface area contributed by atoms with Gasteiger partial charge < -0.3 is 0 Å². The fourth-order valence-corrected chi connectivity index (χ4v) is 1.12. The molecule has 0 spiro atoms. The fourth-order valence-electron chi connectivity index (χ4n) is 1.12. The Morgan fingerprint density at radius 3 is 3.18 bits per heavy atom. The highest BCUT2D eigenvalue weighted by Gasteiger charge is 2.18. The molecule has 0 atom stereocenters. The maximum absolute atomic E-state index is 5.53. The molecule has 58 valence electrons. The van der Waals surface area contributed by atoms with Crippen LogP contribution in [0.4, 0.5) is 0 Å². The summed E-state index contributed by atoms with van der Waals surface area (Å²) in [7, 11) is 0. The molecule has 0 bridgehead atoms. The number of nitrogens with one attached hydrogen (secondary N) is 1. The molecule has 4 nitrogen and oxygen atoms in total. The van der Waals surface area contributed by atoms with Gasteiger partial charge in [-0.25, -0.2) is 0 Å². The van der Waals surface area contributed by atoms with Gasteiger partial charge in [0.2, 0.25) is 0 Å². The Kier molecular flexibility index (Phi) is 1.50. The van der Waals surface area contributed by atoms with Crippen molar-refractivity contribution in [2.45, 2.75) is 0 Å². The Hall–Kier alpha value is -1.10. The Labute approximate surface area is 65.2 Å². The molecule has 11 heavy (non-hydrogen) atoms. The average molecular weight is 150 g/mol. The minimum absolute atomic E-state index is 0.731. The van der Waals surface area contributed by atoms with E-state index >= 15 is 0 Å². The number of rotatable bonds is 0. The van der Waals surface area contributed by atoms with Crippen LogP contribution in [0, 0.1) is 0 Å². The molecule has 0 unspecified atom stereocenters. The average Bonchev–Trinajstić information content (AvgIpc) is 2.17. The zero-order valence-corrected chi connectivity index (χ0v) is 6.07. The van der Waals surface area contributed by atoms with Gasteiger partial charge in [-0.05, 0) is 12.2 Å². The van der Waals surface area contributed by atoms with Crippen LogP contribution in [-0.2, 0) is 0 Å². The predicted molar refractivity (Wildman–Crippen MR) is 42.2 cm³/mol. The standard InChI is InChI=1S/C7H10N4/c8-11-6-7-4-2-1-3-5-10(7)9-11/h1-5,9H,6,8H2. The zero-order valence-electron chi connectivity index (χ0n) is 6.07. The molecule has 0 aromatic rings. The second kappa shape index (κ2) is 2.50. The lowest BCUT2D eigenvalue weighted by molar-refractivity contribution is 0.167. The van der Waals surface area contributed by atoms with Crippen molar-refractivity contribution in [3.05, 3.63) is 36.2 Å². The third kappa shape index (κ3) is 1.19. The van der Waals surface area contributed by atoms with E-state index < -0.39 is 0 Å². The van der Waals surface area contributed by atoms with E-state index in [1.165, 1.54) is 5.12 Å². The number of nitrogens with two attached hydrogens (primary N) is 1. The number of allylic oxidation sites excluding steroid dienone is 4. The molecular formula is C7H10N4. The number of hydrogen-bond acceptors (Lipinski definition) is 4. The van der Waals surface area contributed by atoms with Gasteiger partial charge in [-0.3, -0.25) is 10.9 Å². The van der Waals surface area contributed by atoms with Crippen molar-refractivity contribution in [3.8, 4) is 0 Å². The highest BCUT2D eigenvalue weighted by atomic mass is 15.9. The van der Waals surface area contributed by atoms with E-state index in [4.69, 9.17) is 5.84 Å². The Morgan fingerprint density at radius 1 is 1.36 bits per heavy atom. The van der Waals surface area contributed by atoms with Gasteiger partial charge in [0.15, 0.2) is 0 Å². The van der Waals surface area contributed by atoms with Gasteiger partial charge >= 0.3 is 0 Å². The Bertz CT molecular complexity index is 241. The molecule has 4 heteroatoms. The van der Waals surface area contributed by atoms with Crippen molar-refractivity contribution in [2.75, 3.05) is 6.54 Å². The van der Waals surface area contributed by atoms with Crippen LogP contribution in [0.1, 0.15) is 0 Å². The van der Waals surface area contributed by atoms with Gasteiger partial charge in [-0.15, -0.1) is 5.53 Å². The first-order valence-corrected chi connectivity index (χ1v) is 3.48. The largest absolute Gasteiger partial charge is 0.272 e. The molecule has 2 rings (SSSR count). The molecule has 2 aliphatic rings. The van der Waals surface area contributed by atoms with Crippen molar-refractivity contribution < 1.29 is 0 Å². The number of hydrazine groups is 3. The summed E-state index contributed by atoms with van der Waals surface area (Å²) in [5.74, 6) is 5.53. The Morgan fingerprint density at radius 2 is 2.27 bits per heavy atom. The fraction of sp³-hybridized carbons (Fsp3) is 0.143. The first-order chi connectivity index (χ1) is 5.36. The lowest BCUT2D eigenvalue weighted by atomic mass is 10.4. The summed E-state index contributed by atoms with van der Waals surface area (Å²) in [5, 5.41) is 3.43. The van der Waals surface area contributed by atoms with Gasteiger partial charge in [0.25, 0.3) is 0 Å². The molecule has 0 saturated carbocycles. The second-order valence-electron chi connectivity index (χ2n) is 2.48. The van der Waals surface area contributed by atoms with Crippen LogP contribution in [0.3, 0.4) is 0 Å². The van der Waals surface area contributed by atoms with Crippen molar-refractivity contribution >= 4 is 0 Å². The number of hydrogen-bond donors (Lipinski definition) is 2. The molecule has 1 saturated heterocycles. The minimum atomic E-state index is 0.731. The minimum Gasteiger partial charge on any atom is -0.272 e. The smallest absolute Gasteiger partial charge is 0.0722 e. The van der Waals surface area contributed by atoms with Gasteiger partial charge in [0.05, 0.1) is 12.2 Å². The first kappa shape index (κ1) is 6.60. The molecule has 0 amide bonds. The highest BCUT2D eigenvalue weighted by molar-refractivity contribution is 5.23. The van der Waals surface area contributed by atoms with Gasteiger partial charge in [-0.1, -0.05) is 12.2 Å². The maximum atomic E-state index is 5.53. The van der Waals surface area contributed by atoms with Crippen LogP contribution in [-0.4, -0.2) is 16.7 Å². The van der Waals surface area contributed by atoms with E-state index in [2.05, 4.69) is 5.53 Å². The topological polar surface area (TPSA) is 44.5 Å². The molecule has 0 radical (unpaired) electrons. The number of fused-ring (bicyclic) bond motifs is 1. The summed E-state index contributed by atoms with van der Waals surface area (Å²) in [6, 6.07) is 0. The van der Waals surface area contributed by atoms with Crippen molar-refractivity contribution in [2.24, 2.45) is 5.84 Å². The molecule has 1 fully saturated rings. The quantitative estimate of drug-likeness (QED) is 0.472. The molecule has 0 aromatic heterocycles. The van der Waals surface area contributed by atoms with Gasteiger partial charge in [0, 0.05) is 6.20 Å². The summed E-state index contributed by atoms with van der Waals surface area (Å²) in [6.07, 6.45) is 9.89. The normalized spacial score (nSPS) is 23.4. The van der Waals surface area contributed by atoms with Crippen LogP contribution in [0.2, 0.25) is 0 Å². The first-order valence-electron chi connectivity index (χ1n) is 3.48. The highest BCUT2D eigenvalue weighted by Crippen LogP contribution is 2.11. The van der Waals surface area contributed by atoms with Crippen LogP contribution in [0.15, 0.2) is 36.2 Å². The Balaban J connectivity index is 2.25. The molecular weight excluding hydrogens is 140 g/mol. The summed E-state index contributed by atoms with van der Waals surface area (Å²) in [6.45, 7) is 0.731. The second-order valence-corrected chi connectivity index (χ2v) is 2.48. The number of nitrogens with zero attached hydrogens (tertiary/aromatic N) is 2. The van der Waals surface area contributed by atoms with Crippen molar-refractivity contribution in [1.82, 2.24) is 15.7 Å². The van der Waals surface area contributed by atoms with Crippen LogP contribution >= 0.6 is 0 Å². The van der Waals surface area contributed by atoms with E-state index in [0.29, 0.717) is 0 Å². The van der Waals surface area contributed by atoms with Crippen LogP contribution < -0.4 is 11.4 Å². The lowest BCUT2D eigenvalue weighted by Crippen LogP contribution is -2.41. The summed E-state index contributed by atoms with van der Waals surface area (Å²) >= 11 is 0. The molecule has 3 N–H and O–H groups in total. The molecule has 0 aliphatic carbocycles. The summed E-state index contributed by atoms with van der Waals surface area (Å²) < 4.78 is 0. The van der Waals surface area contributed by atoms with Gasteiger partial charge in [-0.2, -0.15) is 5.12 Å². The van der Waals surface area contributed by atoms with E-state index in [0.717, 1.165) is 12.2 Å². The molecule has 0 aromatic carbocycles. The molecule has 2 aliphatic heterocycles. The van der Waals surface area contributed by atoms with E-state index in [-0.39, 0.29) is 0 Å². The molecule has 2 heterocycles. The maximum Gasteiger partial charge on any atom is 0.0722 e. The van der Waals surface area contributed by atoms with E-state index in [1.54, 1.807) is 0 Å². The zero-order chi connectivity index (χ0) is 7.68. The van der Waals surface area contributed by atoms with Crippen LogP contribution in [0.5, 0.6) is 0 Å². The SMILES string of the molecule is NN1CC2=CC=CC=CN2N1. The van der Waals surface area contributed by atoms with Crippen molar-refractivity contribution in [3.63, 3.8) is 0 Å². The van der Waals surface area contributed by atoms with Gasteiger partial charge in [0.1, 0.15) is 0 Å². The lowest BCUT2D eigenvalue weighted by Gasteiger charge is -2.12. The third-order valence-electron chi connectivity index (χ3n) is 1.62. The summed E-state index contributed by atoms with van der Waals surface area (Å²) in [4.78, 5) is 0.